The van der Waals surface area contributed by atoms with Crippen LogP contribution in [0.4, 0.5) is 0 Å². The van der Waals surface area contributed by atoms with E-state index in [4.69, 9.17) is 0 Å². The fourth-order valence-corrected chi connectivity index (χ4v) is 6.66. The highest BCUT2D eigenvalue weighted by Gasteiger charge is 2.35. The minimum Gasteiger partial charge on any atom is -0.503 e. The van der Waals surface area contributed by atoms with Crippen molar-refractivity contribution < 1.29 is 5.11 Å². The third-order valence-corrected chi connectivity index (χ3v) is 8.50. The maximum absolute atomic E-state index is 12.8. The molecule has 7 heteroatoms. The average Bonchev–Trinajstić information content (AvgIpc) is 3.35. The molecule has 2 saturated heterocycles. The highest BCUT2D eigenvalue weighted by molar-refractivity contribution is 5.31. The Bertz CT molecular complexity index is 1380. The Morgan fingerprint density at radius 2 is 1.69 bits per heavy atom. The third kappa shape index (κ3) is 4.31. The molecule has 7 nitrogen and oxygen atoms in total. The molecule has 2 aromatic heterocycles. The van der Waals surface area contributed by atoms with Gasteiger partial charge in [0.1, 0.15) is 0 Å². The van der Waals surface area contributed by atoms with Crippen molar-refractivity contribution in [1.29, 1.82) is 0 Å². The van der Waals surface area contributed by atoms with Crippen LogP contribution in [-0.2, 0) is 26.7 Å². The van der Waals surface area contributed by atoms with E-state index in [-0.39, 0.29) is 16.7 Å². The molecule has 5 heterocycles. The lowest BCUT2D eigenvalue weighted by molar-refractivity contribution is 0.112. The zero-order valence-electron chi connectivity index (χ0n) is 20.8. The fraction of sp³-hybridized carbons (Fsp3) is 0.448. The van der Waals surface area contributed by atoms with Crippen molar-refractivity contribution in [3.05, 3.63) is 97.8 Å². The van der Waals surface area contributed by atoms with Crippen LogP contribution < -0.4 is 11.0 Å². The number of fused-ring (bicyclic) bond motifs is 4. The Labute approximate surface area is 211 Å². The van der Waals surface area contributed by atoms with E-state index in [1.165, 1.54) is 5.56 Å². The molecule has 3 aliphatic heterocycles. The maximum Gasteiger partial charge on any atom is 0.250 e. The van der Waals surface area contributed by atoms with Gasteiger partial charge in [-0.15, -0.1) is 0 Å². The van der Waals surface area contributed by atoms with Crippen molar-refractivity contribution in [2.75, 3.05) is 26.2 Å². The average molecular weight is 487 g/mol. The Hall–Kier alpha value is -3.16. The topological polar surface area (TPSA) is 70.7 Å². The van der Waals surface area contributed by atoms with Crippen LogP contribution in [0.2, 0.25) is 0 Å². The summed E-state index contributed by atoms with van der Waals surface area (Å²) in [5.41, 5.74) is 3.90. The monoisotopic (exact) mass is 486 g/mol. The molecule has 3 aromatic rings. The number of hydrogen-bond donors (Lipinski definition) is 1. The number of likely N-dealkylation sites (tertiary alicyclic amines) is 2. The summed E-state index contributed by atoms with van der Waals surface area (Å²) in [4.78, 5) is 29.9. The molecule has 0 unspecified atom stereocenters. The van der Waals surface area contributed by atoms with E-state index in [1.807, 2.05) is 28.3 Å². The molecule has 3 atom stereocenters. The lowest BCUT2D eigenvalue weighted by Crippen LogP contribution is -2.47. The molecule has 2 fully saturated rings. The van der Waals surface area contributed by atoms with Crippen molar-refractivity contribution >= 4 is 0 Å². The van der Waals surface area contributed by atoms with Gasteiger partial charge in [0.05, 0.1) is 5.69 Å². The first kappa shape index (κ1) is 23.3. The maximum atomic E-state index is 12.8. The number of aromatic nitrogens is 2. The Morgan fingerprint density at radius 3 is 2.53 bits per heavy atom. The SMILES string of the molecule is Cn1c(CN2C[C@H]3C[C@@H](C2)c2cccc(=O)n2C3)cc(=O)c(O)c1CN1CC[C@@H](c2ccccc2)C1. The quantitative estimate of drug-likeness (QED) is 0.601. The van der Waals surface area contributed by atoms with Crippen LogP contribution in [0.5, 0.6) is 5.75 Å². The van der Waals surface area contributed by atoms with Crippen LogP contribution >= 0.6 is 0 Å². The summed E-state index contributed by atoms with van der Waals surface area (Å²) in [6.07, 6.45) is 2.19. The smallest absolute Gasteiger partial charge is 0.250 e. The highest BCUT2D eigenvalue weighted by Crippen LogP contribution is 2.35. The summed E-state index contributed by atoms with van der Waals surface area (Å²) < 4.78 is 3.97. The van der Waals surface area contributed by atoms with Crippen LogP contribution in [0.1, 0.15) is 47.3 Å². The fourth-order valence-electron chi connectivity index (χ4n) is 6.66. The van der Waals surface area contributed by atoms with E-state index in [2.05, 4.69) is 40.1 Å². The van der Waals surface area contributed by atoms with Crippen molar-refractivity contribution in [3.8, 4) is 5.75 Å². The molecule has 6 rings (SSSR count). The van der Waals surface area contributed by atoms with Crippen LogP contribution in [-0.4, -0.2) is 50.2 Å². The number of rotatable bonds is 5. The van der Waals surface area contributed by atoms with Crippen LogP contribution in [0.25, 0.3) is 0 Å². The highest BCUT2D eigenvalue weighted by atomic mass is 16.3. The lowest BCUT2D eigenvalue weighted by atomic mass is 9.83. The van der Waals surface area contributed by atoms with E-state index >= 15 is 0 Å². The standard InChI is InChI=1S/C29H34N4O3/c1-30-24(18-32-14-20-12-23(17-32)25-8-5-9-28(35)33(25)15-20)13-27(34)29(36)26(30)19-31-11-10-22(16-31)21-6-3-2-4-7-21/h2-9,13,20,22-23,36H,10-12,14-19H2,1H3/t20-,22-,23+/m1/s1. The molecule has 0 spiro atoms. The molecule has 3 aliphatic rings. The summed E-state index contributed by atoms with van der Waals surface area (Å²) in [5.74, 6) is 1.12. The van der Waals surface area contributed by atoms with Gasteiger partial charge in [0.25, 0.3) is 5.56 Å². The van der Waals surface area contributed by atoms with Crippen molar-refractivity contribution in [2.24, 2.45) is 13.0 Å². The number of nitrogens with zero attached hydrogens (tertiary/aromatic N) is 4. The van der Waals surface area contributed by atoms with Gasteiger partial charge in [-0.1, -0.05) is 36.4 Å². The van der Waals surface area contributed by atoms with Crippen LogP contribution in [0.3, 0.4) is 0 Å². The van der Waals surface area contributed by atoms with Gasteiger partial charge < -0.3 is 14.2 Å². The van der Waals surface area contributed by atoms with Crippen molar-refractivity contribution in [2.45, 2.75) is 44.3 Å². The molecule has 2 bridgehead atoms. The molecule has 0 amide bonds. The van der Waals surface area contributed by atoms with Gasteiger partial charge in [0.15, 0.2) is 5.75 Å². The Kier molecular flexibility index (Phi) is 6.05. The van der Waals surface area contributed by atoms with Gasteiger partial charge in [-0.2, -0.15) is 0 Å². The number of piperidine rings is 1. The Balaban J connectivity index is 1.20. The van der Waals surface area contributed by atoms with Gasteiger partial charge in [0, 0.05) is 75.8 Å². The lowest BCUT2D eigenvalue weighted by Gasteiger charge is -2.43. The minimum absolute atomic E-state index is 0.0950. The Morgan fingerprint density at radius 1 is 0.889 bits per heavy atom. The molecule has 1 N–H and O–H groups in total. The number of hydrogen-bond acceptors (Lipinski definition) is 5. The number of aromatic hydroxyl groups is 1. The number of benzene rings is 1. The molecule has 188 valence electrons. The molecule has 0 aliphatic carbocycles. The number of pyridine rings is 2. The van der Waals surface area contributed by atoms with E-state index in [0.717, 1.165) is 57.0 Å². The van der Waals surface area contributed by atoms with Gasteiger partial charge >= 0.3 is 0 Å². The molecular formula is C29H34N4O3. The third-order valence-electron chi connectivity index (χ3n) is 8.50. The predicted molar refractivity (Wildman–Crippen MR) is 139 cm³/mol. The van der Waals surface area contributed by atoms with Gasteiger partial charge in [-0.3, -0.25) is 19.4 Å². The van der Waals surface area contributed by atoms with E-state index in [1.54, 1.807) is 12.1 Å². The second-order valence-corrected chi connectivity index (χ2v) is 10.9. The van der Waals surface area contributed by atoms with Crippen molar-refractivity contribution in [3.63, 3.8) is 0 Å². The predicted octanol–water partition coefficient (Wildman–Crippen LogP) is 2.86. The molecule has 1 aromatic carbocycles. The van der Waals surface area contributed by atoms with Gasteiger partial charge in [0.2, 0.25) is 5.43 Å². The summed E-state index contributed by atoms with van der Waals surface area (Å²) in [5, 5.41) is 10.7. The van der Waals surface area contributed by atoms with E-state index < -0.39 is 0 Å². The van der Waals surface area contributed by atoms with Crippen LogP contribution in [0.15, 0.2) is 64.2 Å². The normalized spacial score (nSPS) is 24.1. The zero-order chi connectivity index (χ0) is 24.8. The zero-order valence-corrected chi connectivity index (χ0v) is 20.8. The first-order valence-corrected chi connectivity index (χ1v) is 13.1. The summed E-state index contributed by atoms with van der Waals surface area (Å²) in [6.45, 7) is 5.65. The second-order valence-electron chi connectivity index (χ2n) is 10.9. The molecular weight excluding hydrogens is 452 g/mol. The van der Waals surface area contributed by atoms with E-state index in [0.29, 0.717) is 36.5 Å². The summed E-state index contributed by atoms with van der Waals surface area (Å²) in [6, 6.07) is 17.8. The molecule has 0 radical (unpaired) electrons. The molecule has 36 heavy (non-hydrogen) atoms. The summed E-state index contributed by atoms with van der Waals surface area (Å²) in [7, 11) is 1.97. The summed E-state index contributed by atoms with van der Waals surface area (Å²) >= 11 is 0. The van der Waals surface area contributed by atoms with E-state index in [9.17, 15) is 14.7 Å². The van der Waals surface area contributed by atoms with Gasteiger partial charge in [-0.05, 0) is 42.9 Å². The van der Waals surface area contributed by atoms with Crippen LogP contribution in [0, 0.1) is 5.92 Å². The minimum atomic E-state index is -0.300. The van der Waals surface area contributed by atoms with Crippen molar-refractivity contribution in [1.82, 2.24) is 18.9 Å². The first-order chi connectivity index (χ1) is 17.5. The second kappa shape index (κ2) is 9.37. The molecule has 0 saturated carbocycles. The largest absolute Gasteiger partial charge is 0.503 e. The first-order valence-electron chi connectivity index (χ1n) is 13.1. The van der Waals surface area contributed by atoms with Gasteiger partial charge in [-0.25, -0.2) is 0 Å².